The molecule has 1 aliphatic carbocycles. The van der Waals surface area contributed by atoms with E-state index in [1.807, 2.05) is 6.07 Å². The third kappa shape index (κ3) is 1.16. The van der Waals surface area contributed by atoms with Gasteiger partial charge in [0.2, 0.25) is 0 Å². The molecule has 0 aliphatic heterocycles. The second kappa shape index (κ2) is 2.64. The molecule has 14 heavy (non-hydrogen) atoms. The summed E-state index contributed by atoms with van der Waals surface area (Å²) in [5.74, 6) is 0.132. The van der Waals surface area contributed by atoms with Crippen LogP contribution in [0.3, 0.4) is 0 Å². The van der Waals surface area contributed by atoms with Crippen molar-refractivity contribution in [2.24, 2.45) is 11.1 Å². The number of phenolic OH excluding ortho intramolecular Hbond substituents is 2. The van der Waals surface area contributed by atoms with Gasteiger partial charge in [-0.3, -0.25) is 0 Å². The van der Waals surface area contributed by atoms with Gasteiger partial charge >= 0.3 is 0 Å². The van der Waals surface area contributed by atoms with Crippen LogP contribution in [0.15, 0.2) is 18.2 Å². The van der Waals surface area contributed by atoms with E-state index in [0.29, 0.717) is 0 Å². The van der Waals surface area contributed by atoms with Gasteiger partial charge in [0.1, 0.15) is 0 Å². The Labute approximate surface area is 83.2 Å². The lowest BCUT2D eigenvalue weighted by molar-refractivity contribution is 0.403. The van der Waals surface area contributed by atoms with Crippen molar-refractivity contribution in [3.8, 4) is 11.5 Å². The molecular formula is C11H15NO2. The van der Waals surface area contributed by atoms with Crippen molar-refractivity contribution < 1.29 is 10.2 Å². The molecule has 1 aromatic rings. The number of hydrogen-bond acceptors (Lipinski definition) is 3. The van der Waals surface area contributed by atoms with Crippen molar-refractivity contribution in [2.75, 3.05) is 0 Å². The summed E-state index contributed by atoms with van der Waals surface area (Å²) in [7, 11) is 0. The number of nitrogens with two attached hydrogens (primary N) is 1. The molecule has 3 nitrogen and oxygen atoms in total. The Morgan fingerprint density at radius 1 is 1.21 bits per heavy atom. The molecule has 2 atom stereocenters. The second-order valence-corrected chi connectivity index (χ2v) is 4.57. The molecule has 0 bridgehead atoms. The van der Waals surface area contributed by atoms with Crippen LogP contribution >= 0.6 is 0 Å². The Morgan fingerprint density at radius 2 is 1.79 bits per heavy atom. The number of benzene rings is 1. The van der Waals surface area contributed by atoms with Crippen LogP contribution in [0.4, 0.5) is 0 Å². The summed E-state index contributed by atoms with van der Waals surface area (Å²) in [6.07, 6.45) is 0. The topological polar surface area (TPSA) is 66.5 Å². The Kier molecular flexibility index (Phi) is 1.76. The minimum absolute atomic E-state index is 0.0719. The predicted octanol–water partition coefficient (Wildman–Crippen LogP) is 1.55. The van der Waals surface area contributed by atoms with E-state index >= 15 is 0 Å². The quantitative estimate of drug-likeness (QED) is 0.593. The van der Waals surface area contributed by atoms with Gasteiger partial charge in [-0.25, -0.2) is 0 Å². The molecule has 0 aromatic heterocycles. The summed E-state index contributed by atoms with van der Waals surface area (Å²) in [6, 6.07) is 5.06. The summed E-state index contributed by atoms with van der Waals surface area (Å²) in [4.78, 5) is 0. The molecule has 0 spiro atoms. The highest BCUT2D eigenvalue weighted by Crippen LogP contribution is 2.57. The zero-order valence-corrected chi connectivity index (χ0v) is 8.36. The Morgan fingerprint density at radius 3 is 2.21 bits per heavy atom. The zero-order chi connectivity index (χ0) is 10.5. The maximum absolute atomic E-state index is 9.34. The first-order valence-electron chi connectivity index (χ1n) is 4.72. The molecule has 0 radical (unpaired) electrons. The summed E-state index contributed by atoms with van der Waals surface area (Å²) >= 11 is 0. The molecular weight excluding hydrogens is 178 g/mol. The number of hydrogen-bond donors (Lipinski definition) is 3. The van der Waals surface area contributed by atoms with Gasteiger partial charge in [-0.05, 0) is 23.1 Å². The lowest BCUT2D eigenvalue weighted by Crippen LogP contribution is -2.06. The highest BCUT2D eigenvalue weighted by atomic mass is 16.3. The lowest BCUT2D eigenvalue weighted by Gasteiger charge is -2.04. The standard InChI is InChI=1S/C11H15NO2/c1-11(2)9(10(11)12)6-3-4-7(13)8(14)5-6/h3-5,9-10,13-14H,12H2,1-2H3. The van der Waals surface area contributed by atoms with Gasteiger partial charge in [-0.1, -0.05) is 19.9 Å². The van der Waals surface area contributed by atoms with Crippen molar-refractivity contribution >= 4 is 0 Å². The van der Waals surface area contributed by atoms with Crippen LogP contribution in [0, 0.1) is 5.41 Å². The first-order chi connectivity index (χ1) is 6.44. The van der Waals surface area contributed by atoms with E-state index in [-0.39, 0.29) is 28.9 Å². The summed E-state index contributed by atoms with van der Waals surface area (Å²) in [5, 5.41) is 18.5. The monoisotopic (exact) mass is 193 g/mol. The number of rotatable bonds is 1. The van der Waals surface area contributed by atoms with E-state index in [9.17, 15) is 5.11 Å². The lowest BCUT2D eigenvalue weighted by atomic mass is 10.0. The molecule has 1 fully saturated rings. The van der Waals surface area contributed by atoms with Gasteiger partial charge in [0, 0.05) is 12.0 Å². The van der Waals surface area contributed by atoms with Gasteiger partial charge in [0.15, 0.2) is 11.5 Å². The fraction of sp³-hybridized carbons (Fsp3) is 0.455. The normalized spacial score (nSPS) is 28.8. The fourth-order valence-electron chi connectivity index (χ4n) is 2.05. The molecule has 76 valence electrons. The van der Waals surface area contributed by atoms with Crippen LogP contribution in [0.1, 0.15) is 25.3 Å². The molecule has 4 N–H and O–H groups in total. The summed E-state index contributed by atoms with van der Waals surface area (Å²) in [5.41, 5.74) is 7.02. The maximum Gasteiger partial charge on any atom is 0.157 e. The average molecular weight is 193 g/mol. The molecule has 1 aromatic carbocycles. The van der Waals surface area contributed by atoms with E-state index in [1.165, 1.54) is 6.07 Å². The minimum atomic E-state index is -0.0826. The summed E-state index contributed by atoms with van der Waals surface area (Å²) < 4.78 is 0. The van der Waals surface area contributed by atoms with Gasteiger partial charge < -0.3 is 15.9 Å². The highest BCUT2D eigenvalue weighted by molar-refractivity contribution is 5.45. The van der Waals surface area contributed by atoms with Crippen LogP contribution in [-0.2, 0) is 0 Å². The van der Waals surface area contributed by atoms with Crippen molar-refractivity contribution in [1.82, 2.24) is 0 Å². The third-order valence-electron chi connectivity index (χ3n) is 3.27. The van der Waals surface area contributed by atoms with Crippen molar-refractivity contribution in [1.29, 1.82) is 0 Å². The largest absolute Gasteiger partial charge is 0.504 e. The Bertz CT molecular complexity index is 374. The predicted molar refractivity (Wildman–Crippen MR) is 54.3 cm³/mol. The van der Waals surface area contributed by atoms with Crippen molar-refractivity contribution in [3.05, 3.63) is 23.8 Å². The van der Waals surface area contributed by atoms with Gasteiger partial charge in [0.05, 0.1) is 0 Å². The van der Waals surface area contributed by atoms with E-state index in [4.69, 9.17) is 10.8 Å². The van der Waals surface area contributed by atoms with Gasteiger partial charge in [0.25, 0.3) is 0 Å². The first kappa shape index (κ1) is 9.34. The fourth-order valence-corrected chi connectivity index (χ4v) is 2.05. The molecule has 1 saturated carbocycles. The SMILES string of the molecule is CC1(C)C(N)C1c1ccc(O)c(O)c1. The van der Waals surface area contributed by atoms with Crippen molar-refractivity contribution in [2.45, 2.75) is 25.8 Å². The number of phenols is 2. The van der Waals surface area contributed by atoms with E-state index < -0.39 is 0 Å². The molecule has 0 saturated heterocycles. The molecule has 0 heterocycles. The molecule has 3 heteroatoms. The van der Waals surface area contributed by atoms with Crippen LogP contribution in [0.25, 0.3) is 0 Å². The zero-order valence-electron chi connectivity index (χ0n) is 8.36. The van der Waals surface area contributed by atoms with Crippen LogP contribution < -0.4 is 5.73 Å². The van der Waals surface area contributed by atoms with E-state index in [2.05, 4.69) is 13.8 Å². The smallest absolute Gasteiger partial charge is 0.157 e. The molecule has 2 rings (SSSR count). The highest BCUT2D eigenvalue weighted by Gasteiger charge is 2.56. The molecule has 0 amide bonds. The maximum atomic E-state index is 9.34. The molecule has 2 unspecified atom stereocenters. The Balaban J connectivity index is 2.32. The van der Waals surface area contributed by atoms with E-state index in [0.717, 1.165) is 5.56 Å². The van der Waals surface area contributed by atoms with E-state index in [1.54, 1.807) is 6.07 Å². The Hall–Kier alpha value is -1.22. The number of aromatic hydroxyl groups is 2. The van der Waals surface area contributed by atoms with Crippen LogP contribution in [0.2, 0.25) is 0 Å². The third-order valence-corrected chi connectivity index (χ3v) is 3.27. The second-order valence-electron chi connectivity index (χ2n) is 4.57. The van der Waals surface area contributed by atoms with Crippen LogP contribution in [0.5, 0.6) is 11.5 Å². The average Bonchev–Trinajstić information content (AvgIpc) is 2.58. The molecule has 1 aliphatic rings. The van der Waals surface area contributed by atoms with Crippen LogP contribution in [-0.4, -0.2) is 16.3 Å². The van der Waals surface area contributed by atoms with Crippen molar-refractivity contribution in [3.63, 3.8) is 0 Å². The minimum Gasteiger partial charge on any atom is -0.504 e. The van der Waals surface area contributed by atoms with Gasteiger partial charge in [-0.2, -0.15) is 0 Å². The summed E-state index contributed by atoms with van der Waals surface area (Å²) in [6.45, 7) is 4.21. The van der Waals surface area contributed by atoms with Gasteiger partial charge in [-0.15, -0.1) is 0 Å². The first-order valence-corrected chi connectivity index (χ1v) is 4.72.